The molecule has 0 aromatic rings. The summed E-state index contributed by atoms with van der Waals surface area (Å²) in [7, 11) is 0. The van der Waals surface area contributed by atoms with Crippen molar-refractivity contribution in [3.8, 4) is 0 Å². The minimum absolute atomic E-state index is 0.0543. The summed E-state index contributed by atoms with van der Waals surface area (Å²) in [6, 6.07) is 0. The van der Waals surface area contributed by atoms with Crippen LogP contribution in [0.3, 0.4) is 0 Å². The van der Waals surface area contributed by atoms with Crippen molar-refractivity contribution >= 4 is 18.4 Å². The molecule has 0 rings (SSSR count). The molecule has 0 spiro atoms. The Bertz CT molecular complexity index is 713. The summed E-state index contributed by atoms with van der Waals surface area (Å²) in [5, 5.41) is 39.1. The summed E-state index contributed by atoms with van der Waals surface area (Å²) in [5.74, 6) is 0.338. The maximum atomic E-state index is 11.8. The topological polar surface area (TPSA) is 184 Å². The van der Waals surface area contributed by atoms with Crippen molar-refractivity contribution in [1.82, 2.24) is 10.2 Å². The monoisotopic (exact) mass is 612 g/mol. The van der Waals surface area contributed by atoms with Crippen LogP contribution in [0.2, 0.25) is 0 Å². The highest BCUT2D eigenvalue weighted by atomic mass is 16.8. The molecule has 5 N–H and O–H groups in total. The molecule has 0 fully saturated rings. The molecule has 13 nitrogen and oxygen atoms in total. The number of amides is 1. The van der Waals surface area contributed by atoms with Gasteiger partial charge in [-0.05, 0) is 74.1 Å². The Hall–Kier alpha value is -2.19. The van der Waals surface area contributed by atoms with Crippen molar-refractivity contribution in [2.75, 3.05) is 39.4 Å². The summed E-state index contributed by atoms with van der Waals surface area (Å²) in [6.45, 7) is 24.5. The van der Waals surface area contributed by atoms with Gasteiger partial charge in [0.2, 0.25) is 0 Å². The number of hydrogen-bond donors (Lipinski definition) is 5. The molecular formula is C29H60N2O11. The van der Waals surface area contributed by atoms with Gasteiger partial charge in [0.15, 0.2) is 0 Å². The highest BCUT2D eigenvalue weighted by Gasteiger charge is 2.25. The van der Waals surface area contributed by atoms with E-state index in [9.17, 15) is 24.6 Å². The first-order valence-electron chi connectivity index (χ1n) is 14.2. The summed E-state index contributed by atoms with van der Waals surface area (Å²) in [5.41, 5.74) is -1.97. The normalized spacial score (nSPS) is 13.1. The Labute approximate surface area is 252 Å². The van der Waals surface area contributed by atoms with Gasteiger partial charge < -0.3 is 49.6 Å². The molecular weight excluding hydrogens is 552 g/mol. The van der Waals surface area contributed by atoms with Crippen LogP contribution in [0.15, 0.2) is 0 Å². The highest BCUT2D eigenvalue weighted by Crippen LogP contribution is 2.13. The Balaban J connectivity index is -0.000000562. The zero-order valence-electron chi connectivity index (χ0n) is 28.1. The van der Waals surface area contributed by atoms with Gasteiger partial charge in [-0.3, -0.25) is 0 Å². The molecule has 0 aliphatic heterocycles. The fourth-order valence-electron chi connectivity index (χ4n) is 2.32. The number of carbonyl (C=O) groups is 3. The SMILES string of the molecule is CC(C)(C)OC(=O)OC(=O)OC(C)(C)C.CC(C)C(O)CN(CCO)C(=O)OC(C)(C)C.CC(C)C(O)CNCCO. The van der Waals surface area contributed by atoms with E-state index in [4.69, 9.17) is 24.4 Å². The summed E-state index contributed by atoms with van der Waals surface area (Å²) in [4.78, 5) is 35.1. The van der Waals surface area contributed by atoms with Crippen molar-refractivity contribution in [2.45, 2.75) is 119 Å². The third-order valence-corrected chi connectivity index (χ3v) is 4.56. The first-order chi connectivity index (χ1) is 18.8. The van der Waals surface area contributed by atoms with Crippen LogP contribution in [0.5, 0.6) is 0 Å². The lowest BCUT2D eigenvalue weighted by Crippen LogP contribution is -2.43. The van der Waals surface area contributed by atoms with Gasteiger partial charge in [0.1, 0.15) is 16.8 Å². The molecule has 0 aromatic carbocycles. The fourth-order valence-corrected chi connectivity index (χ4v) is 2.32. The lowest BCUT2D eigenvalue weighted by Gasteiger charge is -2.29. The van der Waals surface area contributed by atoms with Gasteiger partial charge in [0, 0.05) is 19.6 Å². The summed E-state index contributed by atoms with van der Waals surface area (Å²) >= 11 is 0. The van der Waals surface area contributed by atoms with Gasteiger partial charge in [-0.15, -0.1) is 0 Å². The van der Waals surface area contributed by atoms with Gasteiger partial charge in [-0.1, -0.05) is 27.7 Å². The lowest BCUT2D eigenvalue weighted by molar-refractivity contribution is -0.0294. The predicted molar refractivity (Wildman–Crippen MR) is 160 cm³/mol. The van der Waals surface area contributed by atoms with Gasteiger partial charge in [0.25, 0.3) is 0 Å². The second kappa shape index (κ2) is 21.5. The number of hydrogen-bond acceptors (Lipinski definition) is 12. The van der Waals surface area contributed by atoms with Crippen molar-refractivity contribution in [2.24, 2.45) is 11.8 Å². The van der Waals surface area contributed by atoms with Crippen molar-refractivity contribution in [3.05, 3.63) is 0 Å². The molecule has 42 heavy (non-hydrogen) atoms. The molecule has 252 valence electrons. The van der Waals surface area contributed by atoms with Crippen LogP contribution >= 0.6 is 0 Å². The molecule has 0 aliphatic carbocycles. The summed E-state index contributed by atoms with van der Waals surface area (Å²) < 4.78 is 19.0. The minimum Gasteiger partial charge on any atom is -0.444 e. The van der Waals surface area contributed by atoms with Gasteiger partial charge in [-0.2, -0.15) is 0 Å². The summed E-state index contributed by atoms with van der Waals surface area (Å²) in [6.07, 6.45) is -3.54. The number of carbonyl (C=O) groups excluding carboxylic acids is 3. The van der Waals surface area contributed by atoms with Gasteiger partial charge in [0.05, 0.1) is 32.0 Å². The zero-order valence-corrected chi connectivity index (χ0v) is 28.1. The Morgan fingerprint density at radius 1 is 0.690 bits per heavy atom. The molecule has 0 radical (unpaired) electrons. The van der Waals surface area contributed by atoms with Crippen LogP contribution in [-0.4, -0.2) is 112 Å². The third-order valence-electron chi connectivity index (χ3n) is 4.56. The molecule has 13 heteroatoms. The Kier molecular flexibility index (Phi) is 22.6. The van der Waals surface area contributed by atoms with Crippen LogP contribution in [-0.2, 0) is 18.9 Å². The predicted octanol–water partition coefficient (Wildman–Crippen LogP) is 3.69. The van der Waals surface area contributed by atoms with Crippen LogP contribution < -0.4 is 5.32 Å². The standard InChI is InChI=1S/C12H25NO4.C10H18O5.C7H17NO2/c1-9(2)10(15)8-13(6-7-14)11(16)17-12(3,4)5;1-9(2,3)14-7(11)13-8(12)15-10(4,5)6;1-6(2)7(10)5-8-3-4-9/h9-10,14-15H,6-8H2,1-5H3;1-6H3;6-10H,3-5H2,1-2H3. The molecule has 0 saturated heterocycles. The minimum atomic E-state index is -1.06. The van der Waals surface area contributed by atoms with E-state index < -0.39 is 41.3 Å². The van der Waals surface area contributed by atoms with E-state index in [1.807, 2.05) is 27.7 Å². The highest BCUT2D eigenvalue weighted by molar-refractivity contribution is 5.77. The molecule has 0 bridgehead atoms. The average molecular weight is 613 g/mol. The number of aliphatic hydroxyl groups excluding tert-OH is 4. The molecule has 1 amide bonds. The average Bonchev–Trinajstić information content (AvgIpc) is 2.75. The van der Waals surface area contributed by atoms with Gasteiger partial charge >= 0.3 is 18.4 Å². The van der Waals surface area contributed by atoms with Gasteiger partial charge in [-0.25, -0.2) is 14.4 Å². The molecule has 0 aliphatic rings. The first-order valence-corrected chi connectivity index (χ1v) is 14.2. The first kappa shape index (κ1) is 44.3. The second-order valence-electron chi connectivity index (χ2n) is 13.2. The van der Waals surface area contributed by atoms with E-state index in [2.05, 4.69) is 10.1 Å². The largest absolute Gasteiger partial charge is 0.519 e. The molecule has 2 unspecified atom stereocenters. The van der Waals surface area contributed by atoms with Crippen LogP contribution in [0, 0.1) is 11.8 Å². The molecule has 0 heterocycles. The fraction of sp³-hybridized carbons (Fsp3) is 0.897. The van der Waals surface area contributed by atoms with E-state index in [-0.39, 0.29) is 44.2 Å². The molecule has 2 atom stereocenters. The van der Waals surface area contributed by atoms with E-state index in [0.29, 0.717) is 13.1 Å². The number of nitrogens with one attached hydrogen (secondary N) is 1. The van der Waals surface area contributed by atoms with E-state index >= 15 is 0 Å². The Morgan fingerprint density at radius 3 is 1.40 bits per heavy atom. The smallest absolute Gasteiger partial charge is 0.444 e. The van der Waals surface area contributed by atoms with E-state index in [1.54, 1.807) is 62.3 Å². The lowest BCUT2D eigenvalue weighted by atomic mass is 10.1. The van der Waals surface area contributed by atoms with Crippen LogP contribution in [0.1, 0.15) is 90.0 Å². The molecule has 0 saturated carbocycles. The third kappa shape index (κ3) is 30.8. The Morgan fingerprint density at radius 2 is 1.10 bits per heavy atom. The number of nitrogens with zero attached hydrogens (tertiary/aromatic N) is 1. The van der Waals surface area contributed by atoms with Crippen molar-refractivity contribution < 1.29 is 53.8 Å². The maximum absolute atomic E-state index is 11.8. The van der Waals surface area contributed by atoms with E-state index in [0.717, 1.165) is 0 Å². The van der Waals surface area contributed by atoms with Crippen LogP contribution in [0.25, 0.3) is 0 Å². The number of ether oxygens (including phenoxy) is 4. The zero-order chi connectivity index (χ0) is 33.9. The number of aliphatic hydroxyl groups is 4. The van der Waals surface area contributed by atoms with Crippen LogP contribution in [0.4, 0.5) is 14.4 Å². The van der Waals surface area contributed by atoms with E-state index in [1.165, 1.54) is 4.90 Å². The second-order valence-corrected chi connectivity index (χ2v) is 13.2. The van der Waals surface area contributed by atoms with Crippen molar-refractivity contribution in [3.63, 3.8) is 0 Å². The maximum Gasteiger partial charge on any atom is 0.519 e. The number of rotatable bonds is 10. The quantitative estimate of drug-likeness (QED) is 0.104. The molecule has 0 aromatic heterocycles. The van der Waals surface area contributed by atoms with Crippen molar-refractivity contribution in [1.29, 1.82) is 0 Å².